The van der Waals surface area contributed by atoms with Crippen molar-refractivity contribution in [3.63, 3.8) is 0 Å². The third-order valence-corrected chi connectivity index (χ3v) is 3.85. The van der Waals surface area contributed by atoms with E-state index in [0.29, 0.717) is 6.10 Å². The zero-order valence-electron chi connectivity index (χ0n) is 13.5. The molecule has 0 amide bonds. The van der Waals surface area contributed by atoms with Crippen molar-refractivity contribution in [3.8, 4) is 0 Å². The van der Waals surface area contributed by atoms with E-state index in [1.807, 2.05) is 6.92 Å². The fourth-order valence-electron chi connectivity index (χ4n) is 2.67. The number of nitrogens with zero attached hydrogens (tertiary/aromatic N) is 2. The smallest absolute Gasteiger partial charge is 0.134 e. The number of aromatic nitrogens is 2. The SMILES string of the molecule is CCCNc1nc(C)nc(NCCOC2CCCC2)c1C. The Morgan fingerprint density at radius 3 is 2.29 bits per heavy atom. The number of rotatable bonds is 8. The minimum atomic E-state index is 0.474. The van der Waals surface area contributed by atoms with Gasteiger partial charge in [0, 0.05) is 18.7 Å². The minimum absolute atomic E-state index is 0.474. The van der Waals surface area contributed by atoms with Crippen LogP contribution < -0.4 is 10.6 Å². The van der Waals surface area contributed by atoms with Gasteiger partial charge in [0.15, 0.2) is 0 Å². The average Bonchev–Trinajstić information content (AvgIpc) is 2.98. The summed E-state index contributed by atoms with van der Waals surface area (Å²) in [4.78, 5) is 8.96. The second kappa shape index (κ2) is 8.17. The van der Waals surface area contributed by atoms with Gasteiger partial charge in [0.05, 0.1) is 12.7 Å². The molecular formula is C16H28N4O. The van der Waals surface area contributed by atoms with E-state index < -0.39 is 0 Å². The predicted molar refractivity (Wildman–Crippen MR) is 87.0 cm³/mol. The molecule has 21 heavy (non-hydrogen) atoms. The van der Waals surface area contributed by atoms with Crippen molar-refractivity contribution in [2.45, 2.75) is 59.0 Å². The second-order valence-corrected chi connectivity index (χ2v) is 5.72. The van der Waals surface area contributed by atoms with Crippen LogP contribution in [0.5, 0.6) is 0 Å². The van der Waals surface area contributed by atoms with Crippen LogP contribution in [0.25, 0.3) is 0 Å². The van der Waals surface area contributed by atoms with Crippen LogP contribution in [0.4, 0.5) is 11.6 Å². The molecule has 0 bridgehead atoms. The normalized spacial score (nSPS) is 15.4. The first-order valence-electron chi connectivity index (χ1n) is 8.15. The Hall–Kier alpha value is -1.36. The van der Waals surface area contributed by atoms with Gasteiger partial charge in [-0.15, -0.1) is 0 Å². The lowest BCUT2D eigenvalue weighted by Crippen LogP contribution is -2.17. The Morgan fingerprint density at radius 1 is 1.05 bits per heavy atom. The Morgan fingerprint density at radius 2 is 1.67 bits per heavy atom. The first-order valence-corrected chi connectivity index (χ1v) is 8.15. The number of hydrogen-bond acceptors (Lipinski definition) is 5. The highest BCUT2D eigenvalue weighted by atomic mass is 16.5. The van der Waals surface area contributed by atoms with Crippen LogP contribution in [-0.2, 0) is 4.74 Å². The van der Waals surface area contributed by atoms with E-state index in [-0.39, 0.29) is 0 Å². The molecule has 1 fully saturated rings. The lowest BCUT2D eigenvalue weighted by atomic mass is 10.3. The maximum absolute atomic E-state index is 5.87. The maximum atomic E-state index is 5.87. The lowest BCUT2D eigenvalue weighted by molar-refractivity contribution is 0.0658. The fraction of sp³-hybridized carbons (Fsp3) is 0.750. The van der Waals surface area contributed by atoms with Crippen LogP contribution in [0.1, 0.15) is 50.4 Å². The van der Waals surface area contributed by atoms with Gasteiger partial charge >= 0.3 is 0 Å². The first-order chi connectivity index (χ1) is 10.2. The Bertz CT molecular complexity index is 444. The first kappa shape index (κ1) is 16.0. The van der Waals surface area contributed by atoms with Crippen molar-refractivity contribution < 1.29 is 4.74 Å². The summed E-state index contributed by atoms with van der Waals surface area (Å²) in [5, 5.41) is 6.74. The number of hydrogen-bond donors (Lipinski definition) is 2. The molecule has 5 nitrogen and oxygen atoms in total. The van der Waals surface area contributed by atoms with Crippen molar-refractivity contribution in [1.29, 1.82) is 0 Å². The van der Waals surface area contributed by atoms with Crippen LogP contribution in [0.3, 0.4) is 0 Å². The topological polar surface area (TPSA) is 59.1 Å². The van der Waals surface area contributed by atoms with E-state index in [9.17, 15) is 0 Å². The van der Waals surface area contributed by atoms with Crippen LogP contribution >= 0.6 is 0 Å². The van der Waals surface area contributed by atoms with Gasteiger partial charge in [-0.1, -0.05) is 19.8 Å². The predicted octanol–water partition coefficient (Wildman–Crippen LogP) is 3.29. The molecule has 2 N–H and O–H groups in total. The third kappa shape index (κ3) is 4.84. The summed E-state index contributed by atoms with van der Waals surface area (Å²) in [6, 6.07) is 0. The van der Waals surface area contributed by atoms with E-state index in [1.165, 1.54) is 25.7 Å². The van der Waals surface area contributed by atoms with Gasteiger partial charge in [0.25, 0.3) is 0 Å². The van der Waals surface area contributed by atoms with Gasteiger partial charge in [-0.05, 0) is 33.1 Å². The minimum Gasteiger partial charge on any atom is -0.376 e. The zero-order chi connectivity index (χ0) is 15.1. The molecule has 0 atom stereocenters. The summed E-state index contributed by atoms with van der Waals surface area (Å²) in [6.45, 7) is 8.59. The summed E-state index contributed by atoms with van der Waals surface area (Å²) in [6.07, 6.45) is 6.62. The molecule has 2 rings (SSSR count). The van der Waals surface area contributed by atoms with Gasteiger partial charge in [-0.25, -0.2) is 9.97 Å². The highest BCUT2D eigenvalue weighted by molar-refractivity contribution is 5.57. The lowest BCUT2D eigenvalue weighted by Gasteiger charge is -2.15. The van der Waals surface area contributed by atoms with Gasteiger partial charge in [-0.2, -0.15) is 0 Å². The molecule has 1 saturated carbocycles. The van der Waals surface area contributed by atoms with Gasteiger partial charge < -0.3 is 15.4 Å². The third-order valence-electron chi connectivity index (χ3n) is 3.85. The van der Waals surface area contributed by atoms with E-state index in [1.54, 1.807) is 0 Å². The molecule has 0 saturated heterocycles. The van der Waals surface area contributed by atoms with Crippen molar-refractivity contribution >= 4 is 11.6 Å². The quantitative estimate of drug-likeness (QED) is 0.720. The highest BCUT2D eigenvalue weighted by Gasteiger charge is 2.15. The summed E-state index contributed by atoms with van der Waals surface area (Å²) >= 11 is 0. The van der Waals surface area contributed by atoms with Gasteiger partial charge in [-0.3, -0.25) is 0 Å². The zero-order valence-corrected chi connectivity index (χ0v) is 13.5. The van der Waals surface area contributed by atoms with E-state index in [0.717, 1.165) is 49.1 Å². The molecular weight excluding hydrogens is 264 g/mol. The molecule has 1 heterocycles. The van der Waals surface area contributed by atoms with Crippen LogP contribution in [-0.4, -0.2) is 35.8 Å². The summed E-state index contributed by atoms with van der Waals surface area (Å²) in [5.74, 6) is 2.64. The summed E-state index contributed by atoms with van der Waals surface area (Å²) in [7, 11) is 0. The average molecular weight is 292 g/mol. The van der Waals surface area contributed by atoms with E-state index in [2.05, 4.69) is 34.4 Å². The van der Waals surface area contributed by atoms with Crippen molar-refractivity contribution in [1.82, 2.24) is 9.97 Å². The summed E-state index contributed by atoms with van der Waals surface area (Å²) < 4.78 is 5.87. The highest BCUT2D eigenvalue weighted by Crippen LogP contribution is 2.21. The fourth-order valence-corrected chi connectivity index (χ4v) is 2.67. The molecule has 1 aliphatic rings. The second-order valence-electron chi connectivity index (χ2n) is 5.72. The van der Waals surface area contributed by atoms with Crippen LogP contribution in [0.15, 0.2) is 0 Å². The number of anilines is 2. The van der Waals surface area contributed by atoms with Crippen LogP contribution in [0.2, 0.25) is 0 Å². The molecule has 0 aromatic carbocycles. The van der Waals surface area contributed by atoms with E-state index in [4.69, 9.17) is 4.74 Å². The molecule has 1 aromatic rings. The monoisotopic (exact) mass is 292 g/mol. The molecule has 1 aliphatic carbocycles. The molecule has 0 aliphatic heterocycles. The van der Waals surface area contributed by atoms with Crippen molar-refractivity contribution in [2.75, 3.05) is 30.3 Å². The molecule has 5 heteroatoms. The number of nitrogens with one attached hydrogen (secondary N) is 2. The largest absolute Gasteiger partial charge is 0.376 e. The van der Waals surface area contributed by atoms with Crippen molar-refractivity contribution in [2.24, 2.45) is 0 Å². The molecule has 0 unspecified atom stereocenters. The van der Waals surface area contributed by atoms with Crippen molar-refractivity contribution in [3.05, 3.63) is 11.4 Å². The Kier molecular flexibility index (Phi) is 6.23. The number of aryl methyl sites for hydroxylation is 1. The molecule has 118 valence electrons. The molecule has 0 radical (unpaired) electrons. The molecule has 0 spiro atoms. The van der Waals surface area contributed by atoms with Gasteiger partial charge in [0.1, 0.15) is 17.5 Å². The van der Waals surface area contributed by atoms with E-state index >= 15 is 0 Å². The van der Waals surface area contributed by atoms with Crippen LogP contribution in [0, 0.1) is 13.8 Å². The molecule has 1 aromatic heterocycles. The number of ether oxygens (including phenoxy) is 1. The van der Waals surface area contributed by atoms with Gasteiger partial charge in [0.2, 0.25) is 0 Å². The summed E-state index contributed by atoms with van der Waals surface area (Å²) in [5.41, 5.74) is 1.08. The Balaban J connectivity index is 1.84. The Labute approximate surface area is 127 Å². The standard InChI is InChI=1S/C16H28N4O/c1-4-9-17-15-12(2)16(20-13(3)19-15)18-10-11-21-14-7-5-6-8-14/h14H,4-11H2,1-3H3,(H2,17,18,19,20). The maximum Gasteiger partial charge on any atom is 0.134 e.